The Morgan fingerprint density at radius 2 is 2.00 bits per heavy atom. The molecule has 3 aliphatic rings. The summed E-state index contributed by atoms with van der Waals surface area (Å²) in [6, 6.07) is 7.11. The van der Waals surface area contributed by atoms with Crippen LogP contribution in [0.15, 0.2) is 24.3 Å². The molecule has 30 heavy (non-hydrogen) atoms. The van der Waals surface area contributed by atoms with Crippen LogP contribution in [0.25, 0.3) is 0 Å². The highest BCUT2D eigenvalue weighted by molar-refractivity contribution is 6.09. The Hall–Kier alpha value is -2.90. The summed E-state index contributed by atoms with van der Waals surface area (Å²) in [5.74, 6) is -1.43. The van der Waals surface area contributed by atoms with Crippen LogP contribution < -0.4 is 10.2 Å². The van der Waals surface area contributed by atoms with E-state index in [4.69, 9.17) is 4.74 Å². The molecule has 2 heterocycles. The lowest BCUT2D eigenvalue weighted by molar-refractivity contribution is -0.151. The van der Waals surface area contributed by atoms with E-state index in [0.29, 0.717) is 13.0 Å². The number of hydrogen-bond donors (Lipinski definition) is 1. The molecule has 4 rings (SSSR count). The van der Waals surface area contributed by atoms with Crippen LogP contribution in [-0.2, 0) is 25.5 Å². The lowest BCUT2D eigenvalue weighted by Gasteiger charge is -2.36. The van der Waals surface area contributed by atoms with Crippen LogP contribution in [0.2, 0.25) is 0 Å². The van der Waals surface area contributed by atoms with E-state index in [0.717, 1.165) is 48.3 Å². The van der Waals surface area contributed by atoms with Gasteiger partial charge in [-0.3, -0.25) is 19.3 Å². The van der Waals surface area contributed by atoms with E-state index >= 15 is 0 Å². The molecule has 1 spiro atoms. The lowest BCUT2D eigenvalue weighted by atomic mass is 9.73. The van der Waals surface area contributed by atoms with Gasteiger partial charge in [0.1, 0.15) is 12.1 Å². The zero-order valence-electron chi connectivity index (χ0n) is 17.2. The minimum atomic E-state index is -0.914. The van der Waals surface area contributed by atoms with Crippen molar-refractivity contribution in [1.29, 1.82) is 0 Å². The van der Waals surface area contributed by atoms with Crippen molar-refractivity contribution in [3.05, 3.63) is 29.8 Å². The predicted molar refractivity (Wildman–Crippen MR) is 109 cm³/mol. The first-order valence-electron chi connectivity index (χ1n) is 10.6. The summed E-state index contributed by atoms with van der Waals surface area (Å²) < 4.78 is 5.13. The second-order valence-corrected chi connectivity index (χ2v) is 8.38. The maximum absolute atomic E-state index is 12.9. The van der Waals surface area contributed by atoms with Crippen molar-refractivity contribution in [1.82, 2.24) is 10.2 Å². The second-order valence-electron chi connectivity index (χ2n) is 8.38. The number of carbonyl (C=O) groups is 4. The van der Waals surface area contributed by atoms with Crippen molar-refractivity contribution in [2.45, 2.75) is 51.0 Å². The Kier molecular flexibility index (Phi) is 5.49. The Balaban J connectivity index is 1.35. The third-order valence-electron chi connectivity index (χ3n) is 6.56. The van der Waals surface area contributed by atoms with Gasteiger partial charge in [0.05, 0.1) is 0 Å². The SMILES string of the molecule is C[C@H]1CCCC[C@@]12NC(=O)N(CC(=O)OCC(=O)N1CCCc3ccccc31)C2=O. The van der Waals surface area contributed by atoms with Crippen LogP contribution >= 0.6 is 0 Å². The fourth-order valence-electron chi connectivity index (χ4n) is 4.83. The molecule has 8 heteroatoms. The van der Waals surface area contributed by atoms with Crippen molar-refractivity contribution in [2.75, 3.05) is 24.6 Å². The number of aryl methyl sites for hydroxylation is 1. The van der Waals surface area contributed by atoms with Crippen molar-refractivity contribution in [2.24, 2.45) is 5.92 Å². The molecule has 1 saturated carbocycles. The van der Waals surface area contributed by atoms with Gasteiger partial charge in [-0.1, -0.05) is 38.0 Å². The first kappa shape index (κ1) is 20.4. The summed E-state index contributed by atoms with van der Waals surface area (Å²) in [7, 11) is 0. The average Bonchev–Trinajstić information content (AvgIpc) is 2.98. The van der Waals surface area contributed by atoms with Gasteiger partial charge in [-0.25, -0.2) is 4.79 Å². The highest BCUT2D eigenvalue weighted by atomic mass is 16.5. The van der Waals surface area contributed by atoms with Crippen LogP contribution in [0.5, 0.6) is 0 Å². The number of ether oxygens (including phenoxy) is 1. The minimum absolute atomic E-state index is 0.0180. The van der Waals surface area contributed by atoms with Crippen LogP contribution in [0, 0.1) is 5.92 Å². The number of rotatable bonds is 4. The quantitative estimate of drug-likeness (QED) is 0.602. The van der Waals surface area contributed by atoms with E-state index in [1.807, 2.05) is 31.2 Å². The summed E-state index contributed by atoms with van der Waals surface area (Å²) in [4.78, 5) is 52.8. The van der Waals surface area contributed by atoms with E-state index in [1.54, 1.807) is 4.90 Å². The molecule has 1 saturated heterocycles. The third-order valence-corrected chi connectivity index (χ3v) is 6.56. The summed E-state index contributed by atoms with van der Waals surface area (Å²) in [6.45, 7) is 1.62. The van der Waals surface area contributed by atoms with Crippen molar-refractivity contribution in [3.63, 3.8) is 0 Å². The highest BCUT2D eigenvalue weighted by Crippen LogP contribution is 2.38. The summed E-state index contributed by atoms with van der Waals surface area (Å²) >= 11 is 0. The van der Waals surface area contributed by atoms with Gasteiger partial charge in [-0.05, 0) is 43.2 Å². The first-order valence-corrected chi connectivity index (χ1v) is 10.6. The zero-order valence-corrected chi connectivity index (χ0v) is 17.2. The summed E-state index contributed by atoms with van der Waals surface area (Å²) in [5, 5.41) is 2.81. The van der Waals surface area contributed by atoms with Gasteiger partial charge in [0.2, 0.25) is 0 Å². The van der Waals surface area contributed by atoms with Crippen LogP contribution in [0.4, 0.5) is 10.5 Å². The number of para-hydroxylation sites is 1. The molecular weight excluding hydrogens is 386 g/mol. The normalized spacial score (nSPS) is 25.8. The number of nitrogens with zero attached hydrogens (tertiary/aromatic N) is 2. The number of fused-ring (bicyclic) bond motifs is 1. The van der Waals surface area contributed by atoms with Crippen LogP contribution in [-0.4, -0.2) is 54.0 Å². The van der Waals surface area contributed by atoms with Crippen molar-refractivity contribution in [3.8, 4) is 0 Å². The Labute approximate surface area is 175 Å². The van der Waals surface area contributed by atoms with Gasteiger partial charge >= 0.3 is 12.0 Å². The lowest BCUT2D eigenvalue weighted by Crippen LogP contribution is -2.54. The number of esters is 1. The largest absolute Gasteiger partial charge is 0.454 e. The maximum atomic E-state index is 12.9. The van der Waals surface area contributed by atoms with Crippen LogP contribution in [0.1, 0.15) is 44.6 Å². The molecule has 0 bridgehead atoms. The van der Waals surface area contributed by atoms with Crippen molar-refractivity contribution >= 4 is 29.5 Å². The number of nitrogens with one attached hydrogen (secondary N) is 1. The summed E-state index contributed by atoms with van der Waals surface area (Å²) in [6.07, 6.45) is 5.08. The Morgan fingerprint density at radius 1 is 1.20 bits per heavy atom. The van der Waals surface area contributed by atoms with Gasteiger partial charge in [0, 0.05) is 12.2 Å². The number of benzene rings is 1. The average molecular weight is 413 g/mol. The monoisotopic (exact) mass is 413 g/mol. The summed E-state index contributed by atoms with van der Waals surface area (Å²) in [5.41, 5.74) is 1.02. The zero-order chi connectivity index (χ0) is 21.3. The smallest absolute Gasteiger partial charge is 0.326 e. The van der Waals surface area contributed by atoms with Gasteiger partial charge < -0.3 is 15.0 Å². The fourth-order valence-corrected chi connectivity index (χ4v) is 4.83. The van der Waals surface area contributed by atoms with Gasteiger partial charge in [-0.15, -0.1) is 0 Å². The number of carbonyl (C=O) groups excluding carboxylic acids is 4. The molecule has 4 amide bonds. The number of anilines is 1. The molecular formula is C22H27N3O5. The molecule has 2 atom stereocenters. The molecule has 1 aromatic rings. The molecule has 1 aliphatic carbocycles. The number of amides is 4. The molecule has 1 N–H and O–H groups in total. The highest BCUT2D eigenvalue weighted by Gasteiger charge is 2.55. The predicted octanol–water partition coefficient (Wildman–Crippen LogP) is 2.01. The van der Waals surface area contributed by atoms with Gasteiger partial charge in [0.25, 0.3) is 11.8 Å². The number of imide groups is 1. The topological polar surface area (TPSA) is 96.0 Å². The van der Waals surface area contributed by atoms with E-state index in [9.17, 15) is 19.2 Å². The molecule has 0 radical (unpaired) electrons. The molecule has 8 nitrogen and oxygen atoms in total. The number of hydrogen-bond acceptors (Lipinski definition) is 5. The Bertz CT molecular complexity index is 885. The first-order chi connectivity index (χ1) is 14.4. The molecule has 0 unspecified atom stereocenters. The van der Waals surface area contributed by atoms with Gasteiger partial charge in [0.15, 0.2) is 6.61 Å². The molecule has 0 aromatic heterocycles. The van der Waals surface area contributed by atoms with E-state index in [2.05, 4.69) is 5.32 Å². The van der Waals surface area contributed by atoms with E-state index in [-0.39, 0.29) is 17.7 Å². The minimum Gasteiger partial charge on any atom is -0.454 e. The standard InChI is InChI=1S/C22H27N3O5/c1-15-7-4-5-11-22(15)20(28)25(21(29)23-22)13-19(27)30-14-18(26)24-12-6-9-16-8-2-3-10-17(16)24/h2-3,8,10,15H,4-7,9,11-14H2,1H3,(H,23,29)/t15-,22+/m0/s1. The van der Waals surface area contributed by atoms with Crippen molar-refractivity contribution < 1.29 is 23.9 Å². The maximum Gasteiger partial charge on any atom is 0.326 e. The molecule has 2 fully saturated rings. The fraction of sp³-hybridized carbons (Fsp3) is 0.545. The van der Waals surface area contributed by atoms with Crippen LogP contribution in [0.3, 0.4) is 0 Å². The second kappa shape index (κ2) is 8.08. The van der Waals surface area contributed by atoms with E-state index in [1.165, 1.54) is 0 Å². The molecule has 1 aromatic carbocycles. The third kappa shape index (κ3) is 3.55. The molecule has 160 valence electrons. The van der Waals surface area contributed by atoms with E-state index < -0.39 is 30.7 Å². The molecule has 2 aliphatic heterocycles. The number of urea groups is 1. The Morgan fingerprint density at radius 3 is 2.80 bits per heavy atom. The van der Waals surface area contributed by atoms with Gasteiger partial charge in [-0.2, -0.15) is 0 Å².